The lowest BCUT2D eigenvalue weighted by molar-refractivity contribution is 0.0544. The fourth-order valence-electron chi connectivity index (χ4n) is 4.99. The van der Waals surface area contributed by atoms with Crippen LogP contribution >= 0.6 is 15.9 Å². The van der Waals surface area contributed by atoms with Crippen LogP contribution in [0.1, 0.15) is 69.2 Å². The van der Waals surface area contributed by atoms with Crippen molar-refractivity contribution in [2.24, 2.45) is 0 Å². The Labute approximate surface area is 211 Å². The summed E-state index contributed by atoms with van der Waals surface area (Å²) in [5, 5.41) is 1.04. The van der Waals surface area contributed by atoms with Gasteiger partial charge in [-0.1, -0.05) is 40.9 Å². The van der Waals surface area contributed by atoms with E-state index in [2.05, 4.69) is 45.1 Å². The summed E-state index contributed by atoms with van der Waals surface area (Å²) in [6.45, 7) is 9.48. The maximum atomic E-state index is 12.9. The van der Waals surface area contributed by atoms with E-state index >= 15 is 0 Å². The third kappa shape index (κ3) is 5.33. The molecule has 0 N–H and O–H groups in total. The Hall–Kier alpha value is -2.31. The van der Waals surface area contributed by atoms with Crippen LogP contribution in [0.15, 0.2) is 47.1 Å². The zero-order valence-electron chi connectivity index (χ0n) is 20.9. The number of carbonyl (C=O) groups excluding carboxylic acids is 1. The van der Waals surface area contributed by atoms with Crippen molar-refractivity contribution in [1.82, 2.24) is 9.47 Å². The summed E-state index contributed by atoms with van der Waals surface area (Å²) in [6.07, 6.45) is 6.26. The number of benzene rings is 2. The van der Waals surface area contributed by atoms with Gasteiger partial charge < -0.3 is 9.47 Å². The van der Waals surface area contributed by atoms with Crippen LogP contribution in [0.3, 0.4) is 0 Å². The van der Waals surface area contributed by atoms with E-state index in [9.17, 15) is 4.79 Å². The summed E-state index contributed by atoms with van der Waals surface area (Å²) in [7, 11) is 1.73. The molecule has 0 spiro atoms. The van der Waals surface area contributed by atoms with Crippen LogP contribution in [-0.2, 0) is 11.3 Å². The Morgan fingerprint density at radius 1 is 1.12 bits per heavy atom. The Morgan fingerprint density at radius 3 is 2.53 bits per heavy atom. The highest BCUT2D eigenvalue weighted by Crippen LogP contribution is 2.37. The van der Waals surface area contributed by atoms with Crippen LogP contribution in [0.4, 0.5) is 4.79 Å². The number of rotatable bonds is 4. The zero-order chi connectivity index (χ0) is 24.5. The number of aromatic nitrogens is 1. The molecule has 0 amide bonds. The summed E-state index contributed by atoms with van der Waals surface area (Å²) in [5.41, 5.74) is 3.79. The van der Waals surface area contributed by atoms with Crippen molar-refractivity contribution in [2.75, 3.05) is 13.7 Å². The normalized spacial score (nSPS) is 17.5. The van der Waals surface area contributed by atoms with Crippen molar-refractivity contribution in [2.45, 2.75) is 71.6 Å². The highest BCUT2D eigenvalue weighted by Gasteiger charge is 2.27. The second-order valence-electron chi connectivity index (χ2n) is 10.2. The van der Waals surface area contributed by atoms with Crippen molar-refractivity contribution in [3.05, 3.63) is 63.8 Å². The van der Waals surface area contributed by atoms with Gasteiger partial charge in [-0.25, -0.2) is 4.79 Å². The Kier molecular flexibility index (Phi) is 7.39. The Bertz CT molecular complexity index is 1160. The van der Waals surface area contributed by atoms with Gasteiger partial charge in [-0.15, -0.1) is 0 Å². The first-order chi connectivity index (χ1) is 16.2. The number of ether oxygens (including phenoxy) is 2. The van der Waals surface area contributed by atoms with Gasteiger partial charge in [0.1, 0.15) is 11.4 Å². The average Bonchev–Trinajstić information content (AvgIpc) is 3.10. The van der Waals surface area contributed by atoms with Crippen LogP contribution in [-0.4, -0.2) is 34.8 Å². The molecule has 3 aromatic rings. The largest absolute Gasteiger partial charge is 0.496 e. The van der Waals surface area contributed by atoms with Gasteiger partial charge in [0.15, 0.2) is 0 Å². The zero-order valence-corrected chi connectivity index (χ0v) is 22.4. The number of fused-ring (bicyclic) bond motifs is 1. The number of aryl methyl sites for hydroxylation is 1. The topological polar surface area (TPSA) is 43.7 Å². The molecule has 0 bridgehead atoms. The maximum absolute atomic E-state index is 12.9. The highest BCUT2D eigenvalue weighted by molar-refractivity contribution is 9.10. The number of methoxy groups -OCH3 is 1. The van der Waals surface area contributed by atoms with Crippen molar-refractivity contribution in [3.63, 3.8) is 0 Å². The number of carbonyl (C=O) groups is 1. The predicted octanol–water partition coefficient (Wildman–Crippen LogP) is 7.62. The molecular formula is C28H35BrN2O3. The molecule has 1 saturated heterocycles. The first kappa shape index (κ1) is 24.8. The second kappa shape index (κ2) is 10.1. The van der Waals surface area contributed by atoms with E-state index in [4.69, 9.17) is 9.47 Å². The van der Waals surface area contributed by atoms with E-state index in [1.54, 1.807) is 11.7 Å². The van der Waals surface area contributed by atoms with E-state index < -0.39 is 5.60 Å². The molecule has 34 heavy (non-hydrogen) atoms. The molecule has 2 aromatic carbocycles. The summed E-state index contributed by atoms with van der Waals surface area (Å²) >= 11 is 3.57. The van der Waals surface area contributed by atoms with Gasteiger partial charge in [-0.05, 0) is 82.5 Å². The lowest BCUT2D eigenvalue weighted by atomic mass is 9.99. The summed E-state index contributed by atoms with van der Waals surface area (Å²) < 4.78 is 14.3. The number of nitrogens with zero attached hydrogens (tertiary/aromatic N) is 2. The molecule has 1 aromatic heterocycles. The van der Waals surface area contributed by atoms with Crippen LogP contribution in [0, 0.1) is 6.92 Å². The molecule has 0 radical (unpaired) electrons. The molecule has 0 aliphatic carbocycles. The molecule has 6 heteroatoms. The van der Waals surface area contributed by atoms with Gasteiger partial charge in [0.2, 0.25) is 0 Å². The van der Waals surface area contributed by atoms with E-state index in [1.807, 2.05) is 46.0 Å². The molecule has 1 atom stereocenters. The van der Waals surface area contributed by atoms with Crippen LogP contribution < -0.4 is 4.74 Å². The standard InChI is InChI=1S/C28H35BrN2O3/c1-19-17-25(33-5)23(22-14-16-31(26(19)22)27(32)34-28(2,3)4)18-30-15-8-6-7-9-24(30)20-10-12-21(29)13-11-20/h10-14,16-17,24H,6-9,15,18H2,1-5H3. The van der Waals surface area contributed by atoms with Gasteiger partial charge in [0.05, 0.1) is 12.6 Å². The van der Waals surface area contributed by atoms with Gasteiger partial charge in [0, 0.05) is 34.2 Å². The first-order valence-corrected chi connectivity index (χ1v) is 12.9. The SMILES string of the molecule is COc1cc(C)c2c(ccn2C(=O)OC(C)(C)C)c1CN1CCCCCC1c1ccc(Br)cc1. The number of halogens is 1. The molecule has 1 fully saturated rings. The minimum absolute atomic E-state index is 0.351. The van der Waals surface area contributed by atoms with E-state index in [0.29, 0.717) is 6.04 Å². The lowest BCUT2D eigenvalue weighted by Gasteiger charge is -2.31. The van der Waals surface area contributed by atoms with Crippen LogP contribution in [0.2, 0.25) is 0 Å². The third-order valence-corrected chi connectivity index (χ3v) is 7.05. The molecule has 0 saturated carbocycles. The molecule has 182 valence electrons. The minimum Gasteiger partial charge on any atom is -0.496 e. The van der Waals surface area contributed by atoms with Crippen LogP contribution in [0.25, 0.3) is 10.9 Å². The number of likely N-dealkylation sites (tertiary alicyclic amines) is 1. The van der Waals surface area contributed by atoms with Gasteiger partial charge >= 0.3 is 6.09 Å². The molecule has 1 aliphatic rings. The Balaban J connectivity index is 1.75. The van der Waals surface area contributed by atoms with Gasteiger partial charge in [-0.3, -0.25) is 9.47 Å². The van der Waals surface area contributed by atoms with Crippen molar-refractivity contribution in [3.8, 4) is 5.75 Å². The first-order valence-electron chi connectivity index (χ1n) is 12.1. The predicted molar refractivity (Wildman–Crippen MR) is 141 cm³/mol. The van der Waals surface area contributed by atoms with Crippen molar-refractivity contribution in [1.29, 1.82) is 0 Å². The number of hydrogen-bond donors (Lipinski definition) is 0. The van der Waals surface area contributed by atoms with Crippen LogP contribution in [0.5, 0.6) is 5.75 Å². The van der Waals surface area contributed by atoms with Crippen molar-refractivity contribution >= 4 is 32.9 Å². The molecule has 2 heterocycles. The smallest absolute Gasteiger partial charge is 0.419 e. The fourth-order valence-corrected chi connectivity index (χ4v) is 5.26. The Morgan fingerprint density at radius 2 is 1.85 bits per heavy atom. The summed E-state index contributed by atoms with van der Waals surface area (Å²) in [6, 6.07) is 13.1. The van der Waals surface area contributed by atoms with E-state index in [1.165, 1.54) is 24.8 Å². The molecule has 5 nitrogen and oxygen atoms in total. The average molecular weight is 528 g/mol. The lowest BCUT2D eigenvalue weighted by Crippen LogP contribution is -2.28. The van der Waals surface area contributed by atoms with Crippen molar-refractivity contribution < 1.29 is 14.3 Å². The molecule has 1 aliphatic heterocycles. The summed E-state index contributed by atoms with van der Waals surface area (Å²) in [5.74, 6) is 0.866. The fraction of sp³-hybridized carbons (Fsp3) is 0.464. The van der Waals surface area contributed by atoms with E-state index in [-0.39, 0.29) is 6.09 Å². The monoisotopic (exact) mass is 526 g/mol. The number of hydrogen-bond acceptors (Lipinski definition) is 4. The minimum atomic E-state index is -0.555. The van der Waals surface area contributed by atoms with Gasteiger partial charge in [-0.2, -0.15) is 0 Å². The highest BCUT2D eigenvalue weighted by atomic mass is 79.9. The summed E-state index contributed by atoms with van der Waals surface area (Å²) in [4.78, 5) is 15.5. The quantitative estimate of drug-likeness (QED) is 0.350. The maximum Gasteiger partial charge on any atom is 0.419 e. The van der Waals surface area contributed by atoms with Gasteiger partial charge in [0.25, 0.3) is 0 Å². The third-order valence-electron chi connectivity index (χ3n) is 6.52. The molecular weight excluding hydrogens is 492 g/mol. The molecule has 4 rings (SSSR count). The van der Waals surface area contributed by atoms with E-state index in [0.717, 1.165) is 51.8 Å². The second-order valence-corrected chi connectivity index (χ2v) is 11.1. The molecule has 1 unspecified atom stereocenters.